The number of carbonyl (C=O) groups is 1. The van der Waals surface area contributed by atoms with Gasteiger partial charge in [0, 0.05) is 17.5 Å². The van der Waals surface area contributed by atoms with Crippen LogP contribution in [0.1, 0.15) is 62.3 Å². The van der Waals surface area contributed by atoms with E-state index in [0.717, 1.165) is 30.8 Å². The van der Waals surface area contributed by atoms with Crippen LogP contribution in [-0.2, 0) is 4.79 Å². The van der Waals surface area contributed by atoms with Crippen molar-refractivity contribution in [1.82, 2.24) is 10.2 Å². The maximum Gasteiger partial charge on any atom is 0.234 e. The Labute approximate surface area is 155 Å². The Bertz CT molecular complexity index is 591. The van der Waals surface area contributed by atoms with Gasteiger partial charge in [0.05, 0.1) is 6.54 Å². The van der Waals surface area contributed by atoms with Gasteiger partial charge in [-0.1, -0.05) is 6.07 Å². The zero-order valence-electron chi connectivity index (χ0n) is 15.1. The smallest absolute Gasteiger partial charge is 0.234 e. The first-order valence-corrected chi connectivity index (χ1v) is 11.1. The first kappa shape index (κ1) is 16.3. The summed E-state index contributed by atoms with van der Waals surface area (Å²) in [6.45, 7) is 2.58. The number of thiophene rings is 1. The highest BCUT2D eigenvalue weighted by Crippen LogP contribution is 2.59. The number of likely N-dealkylation sites (tertiary alicyclic amines) is 1. The molecule has 2 heterocycles. The van der Waals surface area contributed by atoms with Crippen molar-refractivity contribution in [3.63, 3.8) is 0 Å². The van der Waals surface area contributed by atoms with Gasteiger partial charge in [-0.15, -0.1) is 11.3 Å². The van der Waals surface area contributed by atoms with Gasteiger partial charge in [-0.25, -0.2) is 0 Å². The molecule has 1 N–H and O–H groups in total. The van der Waals surface area contributed by atoms with Crippen molar-refractivity contribution in [2.75, 3.05) is 19.6 Å². The lowest BCUT2D eigenvalue weighted by Gasteiger charge is -2.56. The second-order valence-electron chi connectivity index (χ2n) is 9.34. The van der Waals surface area contributed by atoms with Crippen LogP contribution >= 0.6 is 11.3 Å². The van der Waals surface area contributed by atoms with Crippen LogP contribution < -0.4 is 5.32 Å². The molecular formula is C21H30N2OS. The molecule has 1 aromatic rings. The standard InChI is InChI=1S/C21H30N2OS/c24-20(13-23-5-1-3-18(23)19-4-2-6-25-19)22-14-21-10-15-7-16(11-21)9-17(8-15)12-21/h2,4,6,15-18H,1,3,5,7-14H2,(H,22,24)/t15?,16?,17?,18-,21?/m1/s1. The van der Waals surface area contributed by atoms with Gasteiger partial charge in [-0.2, -0.15) is 0 Å². The zero-order chi connectivity index (χ0) is 16.9. The highest BCUT2D eigenvalue weighted by Gasteiger charge is 2.50. The summed E-state index contributed by atoms with van der Waals surface area (Å²) in [5, 5.41) is 5.51. The molecule has 0 radical (unpaired) electrons. The number of hydrogen-bond acceptors (Lipinski definition) is 3. The molecule has 1 amide bonds. The molecular weight excluding hydrogens is 328 g/mol. The molecule has 5 aliphatic rings. The molecule has 1 aromatic heterocycles. The first-order valence-electron chi connectivity index (χ1n) is 10.2. The third-order valence-electron chi connectivity index (χ3n) is 7.41. The SMILES string of the molecule is O=C(CN1CCC[C@@H]1c1cccs1)NCC12CC3CC(CC(C3)C1)C2. The molecule has 136 valence electrons. The largest absolute Gasteiger partial charge is 0.354 e. The molecule has 4 bridgehead atoms. The van der Waals surface area contributed by atoms with Gasteiger partial charge in [0.2, 0.25) is 5.91 Å². The topological polar surface area (TPSA) is 32.3 Å². The Morgan fingerprint density at radius 3 is 2.56 bits per heavy atom. The predicted octanol–water partition coefficient (Wildman–Crippen LogP) is 4.22. The summed E-state index contributed by atoms with van der Waals surface area (Å²) in [6, 6.07) is 4.82. The predicted molar refractivity (Wildman–Crippen MR) is 101 cm³/mol. The van der Waals surface area contributed by atoms with Gasteiger partial charge < -0.3 is 5.32 Å². The lowest BCUT2D eigenvalue weighted by atomic mass is 9.49. The zero-order valence-corrected chi connectivity index (χ0v) is 15.9. The van der Waals surface area contributed by atoms with Gasteiger partial charge in [-0.05, 0) is 92.5 Å². The molecule has 0 unspecified atom stereocenters. The minimum Gasteiger partial charge on any atom is -0.354 e. The molecule has 5 fully saturated rings. The number of amides is 1. The van der Waals surface area contributed by atoms with E-state index in [-0.39, 0.29) is 5.91 Å². The van der Waals surface area contributed by atoms with Crippen LogP contribution in [0.2, 0.25) is 0 Å². The van der Waals surface area contributed by atoms with Gasteiger partial charge in [0.25, 0.3) is 0 Å². The van der Waals surface area contributed by atoms with E-state index in [0.29, 0.717) is 18.0 Å². The molecule has 0 aromatic carbocycles. The van der Waals surface area contributed by atoms with Crippen molar-refractivity contribution in [2.45, 2.75) is 57.4 Å². The fraction of sp³-hybridized carbons (Fsp3) is 0.762. The molecule has 4 aliphatic carbocycles. The summed E-state index contributed by atoms with van der Waals surface area (Å²) in [7, 11) is 0. The normalized spacial score (nSPS) is 39.8. The van der Waals surface area contributed by atoms with Crippen molar-refractivity contribution in [1.29, 1.82) is 0 Å². The highest BCUT2D eigenvalue weighted by atomic mass is 32.1. The van der Waals surface area contributed by atoms with E-state index in [2.05, 4.69) is 27.7 Å². The van der Waals surface area contributed by atoms with Crippen molar-refractivity contribution in [3.8, 4) is 0 Å². The average Bonchev–Trinajstić information content (AvgIpc) is 3.23. The van der Waals surface area contributed by atoms with Crippen LogP contribution in [0.5, 0.6) is 0 Å². The van der Waals surface area contributed by atoms with Gasteiger partial charge >= 0.3 is 0 Å². The first-order chi connectivity index (χ1) is 12.2. The van der Waals surface area contributed by atoms with Crippen LogP contribution in [0.25, 0.3) is 0 Å². The lowest BCUT2D eigenvalue weighted by Crippen LogP contribution is -2.52. The minimum absolute atomic E-state index is 0.249. The Kier molecular flexibility index (Phi) is 4.16. The number of hydrogen-bond donors (Lipinski definition) is 1. The molecule has 1 aliphatic heterocycles. The van der Waals surface area contributed by atoms with E-state index in [1.54, 1.807) is 0 Å². The Hall–Kier alpha value is -0.870. The summed E-state index contributed by atoms with van der Waals surface area (Å²) >= 11 is 1.83. The minimum atomic E-state index is 0.249. The van der Waals surface area contributed by atoms with E-state index >= 15 is 0 Å². The maximum absolute atomic E-state index is 12.7. The van der Waals surface area contributed by atoms with E-state index in [1.807, 2.05) is 11.3 Å². The molecule has 6 rings (SSSR count). The second kappa shape index (κ2) is 6.38. The lowest BCUT2D eigenvalue weighted by molar-refractivity contribution is -0.124. The van der Waals surface area contributed by atoms with Crippen molar-refractivity contribution >= 4 is 17.2 Å². The van der Waals surface area contributed by atoms with E-state index in [4.69, 9.17) is 0 Å². The quantitative estimate of drug-likeness (QED) is 0.855. The average molecular weight is 359 g/mol. The molecule has 1 atom stereocenters. The van der Waals surface area contributed by atoms with E-state index in [1.165, 1.54) is 56.2 Å². The monoisotopic (exact) mass is 358 g/mol. The van der Waals surface area contributed by atoms with Crippen LogP contribution in [0, 0.1) is 23.2 Å². The van der Waals surface area contributed by atoms with E-state index < -0.39 is 0 Å². The highest BCUT2D eigenvalue weighted by molar-refractivity contribution is 7.10. The van der Waals surface area contributed by atoms with Crippen molar-refractivity contribution in [3.05, 3.63) is 22.4 Å². The van der Waals surface area contributed by atoms with Gasteiger partial charge in [0.15, 0.2) is 0 Å². The van der Waals surface area contributed by atoms with Gasteiger partial charge in [-0.3, -0.25) is 9.69 Å². The third kappa shape index (κ3) is 3.16. The Morgan fingerprint density at radius 1 is 1.20 bits per heavy atom. The molecule has 3 nitrogen and oxygen atoms in total. The van der Waals surface area contributed by atoms with Crippen molar-refractivity contribution in [2.24, 2.45) is 23.2 Å². The Balaban J connectivity index is 1.17. The van der Waals surface area contributed by atoms with Crippen LogP contribution in [0.15, 0.2) is 17.5 Å². The molecule has 0 spiro atoms. The second-order valence-corrected chi connectivity index (χ2v) is 10.3. The molecule has 4 saturated carbocycles. The summed E-state index contributed by atoms with van der Waals surface area (Å²) < 4.78 is 0. The molecule has 1 saturated heterocycles. The van der Waals surface area contributed by atoms with Crippen molar-refractivity contribution < 1.29 is 4.79 Å². The summed E-state index contributed by atoms with van der Waals surface area (Å²) in [5.74, 6) is 3.14. The van der Waals surface area contributed by atoms with Crippen LogP contribution in [0.3, 0.4) is 0 Å². The fourth-order valence-corrected chi connectivity index (χ4v) is 7.75. The summed E-state index contributed by atoms with van der Waals surface area (Å²) in [6.07, 6.45) is 11.0. The van der Waals surface area contributed by atoms with Crippen LogP contribution in [-0.4, -0.2) is 30.4 Å². The number of nitrogens with zero attached hydrogens (tertiary/aromatic N) is 1. The number of rotatable bonds is 5. The summed E-state index contributed by atoms with van der Waals surface area (Å²) in [5.41, 5.74) is 0.447. The molecule has 25 heavy (non-hydrogen) atoms. The number of carbonyl (C=O) groups excluding carboxylic acids is 1. The van der Waals surface area contributed by atoms with Gasteiger partial charge in [0.1, 0.15) is 0 Å². The van der Waals surface area contributed by atoms with Crippen LogP contribution in [0.4, 0.5) is 0 Å². The summed E-state index contributed by atoms with van der Waals surface area (Å²) in [4.78, 5) is 16.5. The fourth-order valence-electron chi connectivity index (χ4n) is 6.85. The molecule has 4 heteroatoms. The van der Waals surface area contributed by atoms with E-state index in [9.17, 15) is 4.79 Å². The number of nitrogens with one attached hydrogen (secondary N) is 1. The Morgan fingerprint density at radius 2 is 1.92 bits per heavy atom. The maximum atomic E-state index is 12.7. The third-order valence-corrected chi connectivity index (χ3v) is 8.38.